The molecule has 0 bridgehead atoms. The number of hydrogen-bond donors (Lipinski definition) is 0. The van der Waals surface area contributed by atoms with E-state index in [1.807, 2.05) is 48.5 Å². The first-order chi connectivity index (χ1) is 11.0. The van der Waals surface area contributed by atoms with Crippen LogP contribution in [-0.2, 0) is 9.53 Å². The maximum absolute atomic E-state index is 13.1. The highest BCUT2D eigenvalue weighted by Crippen LogP contribution is 2.31. The predicted octanol–water partition coefficient (Wildman–Crippen LogP) is 3.13. The Labute approximate surface area is 135 Å². The highest BCUT2D eigenvalue weighted by Gasteiger charge is 2.44. The lowest BCUT2D eigenvalue weighted by atomic mass is 9.98. The van der Waals surface area contributed by atoms with E-state index in [1.165, 1.54) is 4.90 Å². The molecule has 1 saturated heterocycles. The van der Waals surface area contributed by atoms with Crippen molar-refractivity contribution in [3.8, 4) is 11.1 Å². The van der Waals surface area contributed by atoms with Gasteiger partial charge in [-0.05, 0) is 31.0 Å². The molecule has 0 N–H and O–H groups in total. The number of hydrogen-bond acceptors (Lipinski definition) is 3. The number of nitrogens with zero attached hydrogens (tertiary/aromatic N) is 1. The summed E-state index contributed by atoms with van der Waals surface area (Å²) in [5.41, 5.74) is 1.60. The molecule has 1 aliphatic rings. The van der Waals surface area contributed by atoms with Crippen LogP contribution in [-0.4, -0.2) is 35.5 Å². The van der Waals surface area contributed by atoms with Crippen LogP contribution in [0, 0.1) is 0 Å². The van der Waals surface area contributed by atoms with Gasteiger partial charge < -0.3 is 9.53 Å². The molecule has 1 amide bonds. The van der Waals surface area contributed by atoms with E-state index in [0.29, 0.717) is 5.56 Å². The molecular formula is C19H19NO3. The maximum Gasteiger partial charge on any atom is 0.257 e. The third-order valence-electron chi connectivity index (χ3n) is 4.14. The molecule has 118 valence electrons. The summed E-state index contributed by atoms with van der Waals surface area (Å²) in [5.74, 6) is -0.191. The zero-order valence-corrected chi connectivity index (χ0v) is 13.2. The van der Waals surface area contributed by atoms with Gasteiger partial charge in [0.15, 0.2) is 0 Å². The summed E-state index contributed by atoms with van der Waals surface area (Å²) in [4.78, 5) is 26.0. The van der Waals surface area contributed by atoms with Crippen LogP contribution in [0.4, 0.5) is 0 Å². The third-order valence-corrected chi connectivity index (χ3v) is 4.14. The molecule has 4 nitrogen and oxygen atoms in total. The number of carbonyl (C=O) groups excluding carboxylic acids is 2. The number of aldehydes is 1. The fraction of sp³-hybridized carbons (Fsp3) is 0.263. The number of rotatable bonds is 3. The molecule has 1 atom stereocenters. The molecule has 23 heavy (non-hydrogen) atoms. The highest BCUT2D eigenvalue weighted by molar-refractivity contribution is 6.02. The molecule has 0 aromatic heterocycles. The first-order valence-corrected chi connectivity index (χ1v) is 7.62. The van der Waals surface area contributed by atoms with Crippen LogP contribution in [0.1, 0.15) is 24.2 Å². The van der Waals surface area contributed by atoms with Crippen LogP contribution in [0.25, 0.3) is 11.1 Å². The van der Waals surface area contributed by atoms with Gasteiger partial charge in [0.2, 0.25) is 0 Å². The number of benzene rings is 2. The van der Waals surface area contributed by atoms with E-state index in [1.54, 1.807) is 19.9 Å². The lowest BCUT2D eigenvalue weighted by Gasteiger charge is -2.32. The van der Waals surface area contributed by atoms with Gasteiger partial charge in [0.05, 0.1) is 6.61 Å². The highest BCUT2D eigenvalue weighted by atomic mass is 16.5. The molecular weight excluding hydrogens is 290 g/mol. The Balaban J connectivity index is 2.05. The van der Waals surface area contributed by atoms with Crippen molar-refractivity contribution in [3.05, 3.63) is 60.2 Å². The molecule has 3 rings (SSSR count). The van der Waals surface area contributed by atoms with Crippen molar-refractivity contribution in [1.29, 1.82) is 0 Å². The Morgan fingerprint density at radius 2 is 1.78 bits per heavy atom. The summed E-state index contributed by atoms with van der Waals surface area (Å²) in [6.07, 6.45) is 0.776. The molecule has 1 aliphatic heterocycles. The molecule has 2 aromatic carbocycles. The minimum absolute atomic E-state index is 0.191. The van der Waals surface area contributed by atoms with Crippen molar-refractivity contribution >= 4 is 12.2 Å². The van der Waals surface area contributed by atoms with Crippen LogP contribution in [0.15, 0.2) is 54.6 Å². The first kappa shape index (κ1) is 15.4. The Bertz CT molecular complexity index is 724. The van der Waals surface area contributed by atoms with Crippen molar-refractivity contribution in [3.63, 3.8) is 0 Å². The van der Waals surface area contributed by atoms with Crippen molar-refractivity contribution < 1.29 is 14.3 Å². The summed E-state index contributed by atoms with van der Waals surface area (Å²) in [7, 11) is 0. The summed E-state index contributed by atoms with van der Waals surface area (Å²) in [6, 6.07) is 16.6. The van der Waals surface area contributed by atoms with Crippen LogP contribution in [0.2, 0.25) is 0 Å². The third kappa shape index (κ3) is 2.78. The Kier molecular flexibility index (Phi) is 4.01. The SMILES string of the molecule is CC1(C)OCC(C=O)N1C(=O)c1ccccc1-c1ccccc1. The first-order valence-electron chi connectivity index (χ1n) is 7.62. The smallest absolute Gasteiger partial charge is 0.257 e. The van der Waals surface area contributed by atoms with Gasteiger partial charge in [-0.2, -0.15) is 0 Å². The molecule has 0 saturated carbocycles. The fourth-order valence-corrected chi connectivity index (χ4v) is 3.00. The van der Waals surface area contributed by atoms with Gasteiger partial charge in [-0.15, -0.1) is 0 Å². The van der Waals surface area contributed by atoms with Gasteiger partial charge in [0, 0.05) is 5.56 Å². The van der Waals surface area contributed by atoms with Gasteiger partial charge in [0.1, 0.15) is 18.1 Å². The second kappa shape index (κ2) is 5.97. The minimum Gasteiger partial charge on any atom is -0.354 e. The lowest BCUT2D eigenvalue weighted by molar-refractivity contribution is -0.111. The van der Waals surface area contributed by atoms with Crippen molar-refractivity contribution in [2.75, 3.05) is 6.61 Å². The van der Waals surface area contributed by atoms with Crippen LogP contribution >= 0.6 is 0 Å². The zero-order valence-electron chi connectivity index (χ0n) is 13.2. The lowest BCUT2D eigenvalue weighted by Crippen LogP contribution is -2.48. The van der Waals surface area contributed by atoms with Gasteiger partial charge in [-0.1, -0.05) is 48.5 Å². The van der Waals surface area contributed by atoms with E-state index >= 15 is 0 Å². The normalized spacial score (nSPS) is 19.6. The molecule has 0 radical (unpaired) electrons. The minimum atomic E-state index is -0.799. The molecule has 1 fully saturated rings. The molecule has 0 aliphatic carbocycles. The Hall–Kier alpha value is -2.46. The Morgan fingerprint density at radius 1 is 1.13 bits per heavy atom. The second-order valence-corrected chi connectivity index (χ2v) is 6.05. The quantitative estimate of drug-likeness (QED) is 0.818. The standard InChI is InChI=1S/C19H19NO3/c1-19(2)20(15(12-21)13-23-19)18(22)17-11-7-6-10-16(17)14-8-4-3-5-9-14/h3-12,15H,13H2,1-2H3. The second-order valence-electron chi connectivity index (χ2n) is 6.05. The average Bonchev–Trinajstić information content (AvgIpc) is 2.89. The summed E-state index contributed by atoms with van der Waals surface area (Å²) < 4.78 is 5.62. The van der Waals surface area contributed by atoms with Gasteiger partial charge in [-0.3, -0.25) is 9.69 Å². The number of ether oxygens (including phenoxy) is 1. The van der Waals surface area contributed by atoms with E-state index < -0.39 is 11.8 Å². The summed E-state index contributed by atoms with van der Waals surface area (Å²) in [5, 5.41) is 0. The molecule has 2 aromatic rings. The molecule has 1 heterocycles. The predicted molar refractivity (Wildman–Crippen MR) is 87.9 cm³/mol. The Morgan fingerprint density at radius 3 is 2.48 bits per heavy atom. The maximum atomic E-state index is 13.1. The topological polar surface area (TPSA) is 46.6 Å². The number of amides is 1. The molecule has 0 spiro atoms. The van der Waals surface area contributed by atoms with Crippen molar-refractivity contribution in [2.45, 2.75) is 25.6 Å². The van der Waals surface area contributed by atoms with Crippen molar-refractivity contribution in [2.24, 2.45) is 0 Å². The van der Waals surface area contributed by atoms with Crippen LogP contribution in [0.5, 0.6) is 0 Å². The van der Waals surface area contributed by atoms with Gasteiger partial charge in [-0.25, -0.2) is 0 Å². The molecule has 4 heteroatoms. The van der Waals surface area contributed by atoms with Crippen molar-refractivity contribution in [1.82, 2.24) is 4.90 Å². The van der Waals surface area contributed by atoms with E-state index in [4.69, 9.17) is 4.74 Å². The van der Waals surface area contributed by atoms with E-state index in [9.17, 15) is 9.59 Å². The monoisotopic (exact) mass is 309 g/mol. The van der Waals surface area contributed by atoms with E-state index in [0.717, 1.165) is 17.4 Å². The fourth-order valence-electron chi connectivity index (χ4n) is 3.00. The largest absolute Gasteiger partial charge is 0.354 e. The van der Waals surface area contributed by atoms with Crippen LogP contribution < -0.4 is 0 Å². The summed E-state index contributed by atoms with van der Waals surface area (Å²) >= 11 is 0. The summed E-state index contributed by atoms with van der Waals surface area (Å²) in [6.45, 7) is 3.84. The van der Waals surface area contributed by atoms with Crippen LogP contribution in [0.3, 0.4) is 0 Å². The zero-order chi connectivity index (χ0) is 16.4. The van der Waals surface area contributed by atoms with E-state index in [2.05, 4.69) is 0 Å². The number of carbonyl (C=O) groups is 2. The van der Waals surface area contributed by atoms with Gasteiger partial charge in [0.25, 0.3) is 5.91 Å². The van der Waals surface area contributed by atoms with Gasteiger partial charge >= 0.3 is 0 Å². The van der Waals surface area contributed by atoms with E-state index in [-0.39, 0.29) is 12.5 Å². The average molecular weight is 309 g/mol. The molecule has 1 unspecified atom stereocenters.